The molecule has 1 saturated heterocycles. The molecule has 8 nitrogen and oxygen atoms in total. The molecule has 1 heterocycles. The third kappa shape index (κ3) is 4.69. The van der Waals surface area contributed by atoms with Crippen LogP contribution in [0.3, 0.4) is 0 Å². The number of carbonyl (C=O) groups excluding carboxylic acids is 1. The van der Waals surface area contributed by atoms with Gasteiger partial charge in [-0.2, -0.15) is 4.31 Å². The van der Waals surface area contributed by atoms with Gasteiger partial charge in [0, 0.05) is 13.1 Å². The number of nitrogens with zero attached hydrogens (tertiary/aromatic N) is 1. The molecule has 2 rings (SSSR count). The number of rotatable bonds is 8. The molecular weight excluding hydrogens is 360 g/mol. The highest BCUT2D eigenvalue weighted by Gasteiger charge is 2.31. The minimum Gasteiger partial charge on any atom is -0.480 e. The summed E-state index contributed by atoms with van der Waals surface area (Å²) in [5, 5.41) is 11.6. The molecule has 1 aromatic carbocycles. The van der Waals surface area contributed by atoms with Gasteiger partial charge in [-0.15, -0.1) is 6.58 Å². The largest absolute Gasteiger partial charge is 0.480 e. The van der Waals surface area contributed by atoms with Crippen molar-refractivity contribution in [1.29, 1.82) is 0 Å². The van der Waals surface area contributed by atoms with Gasteiger partial charge >= 0.3 is 5.97 Å². The number of morpholine rings is 1. The van der Waals surface area contributed by atoms with Gasteiger partial charge in [0.25, 0.3) is 5.91 Å². The normalized spacial score (nSPS) is 16.6. The lowest BCUT2D eigenvalue weighted by atomic mass is 10.1. The number of nitrogens with one attached hydrogen (secondary N) is 1. The van der Waals surface area contributed by atoms with Crippen molar-refractivity contribution in [3.05, 3.63) is 42.5 Å². The van der Waals surface area contributed by atoms with Crippen LogP contribution < -0.4 is 5.32 Å². The van der Waals surface area contributed by atoms with Crippen molar-refractivity contribution in [3.63, 3.8) is 0 Å². The van der Waals surface area contributed by atoms with E-state index in [0.717, 1.165) is 0 Å². The molecule has 9 heteroatoms. The summed E-state index contributed by atoms with van der Waals surface area (Å²) in [6.45, 7) is 4.51. The number of hydrogen-bond acceptors (Lipinski definition) is 5. The summed E-state index contributed by atoms with van der Waals surface area (Å²) in [5.74, 6) is -1.93. The second-order valence-corrected chi connectivity index (χ2v) is 7.65. The molecule has 0 aromatic heterocycles. The van der Waals surface area contributed by atoms with Crippen molar-refractivity contribution < 1.29 is 27.9 Å². The summed E-state index contributed by atoms with van der Waals surface area (Å²) in [7, 11) is -3.88. The predicted octanol–water partition coefficient (Wildman–Crippen LogP) is 0.857. The average molecular weight is 382 g/mol. The highest BCUT2D eigenvalue weighted by Crippen LogP contribution is 2.21. The van der Waals surface area contributed by atoms with E-state index in [1.165, 1.54) is 28.6 Å². The van der Waals surface area contributed by atoms with Gasteiger partial charge < -0.3 is 15.2 Å². The van der Waals surface area contributed by atoms with E-state index in [0.29, 0.717) is 6.42 Å². The first kappa shape index (κ1) is 20.1. The lowest BCUT2D eigenvalue weighted by Gasteiger charge is -2.27. The standard InChI is InChI=1S/C17H22N2O6S/c1-2-3-7-14(17(21)22)18-16(20)13-6-4-5-8-15(13)26(23,24)19-9-11-25-12-10-19/h2,4-6,8,14H,1,3,7,9-12H2,(H,18,20)(H,21,22). The Balaban J connectivity index is 2.28. The van der Waals surface area contributed by atoms with Crippen LogP contribution in [0, 0.1) is 0 Å². The number of aliphatic carboxylic acids is 1. The van der Waals surface area contributed by atoms with Crippen LogP contribution in [0.15, 0.2) is 41.8 Å². The van der Waals surface area contributed by atoms with Crippen molar-refractivity contribution in [2.45, 2.75) is 23.8 Å². The van der Waals surface area contributed by atoms with Gasteiger partial charge in [0.05, 0.1) is 23.7 Å². The van der Waals surface area contributed by atoms with Crippen molar-refractivity contribution in [2.24, 2.45) is 0 Å². The molecule has 1 unspecified atom stereocenters. The van der Waals surface area contributed by atoms with Crippen LogP contribution in [-0.4, -0.2) is 62.1 Å². The van der Waals surface area contributed by atoms with E-state index in [1.807, 2.05) is 0 Å². The van der Waals surface area contributed by atoms with Crippen LogP contribution in [0.1, 0.15) is 23.2 Å². The summed E-state index contributed by atoms with van der Waals surface area (Å²) in [4.78, 5) is 23.7. The van der Waals surface area contributed by atoms with Crippen LogP contribution >= 0.6 is 0 Å². The molecule has 26 heavy (non-hydrogen) atoms. The molecule has 2 N–H and O–H groups in total. The summed E-state index contributed by atoms with van der Waals surface area (Å²) < 4.78 is 32.2. The Morgan fingerprint density at radius 2 is 1.96 bits per heavy atom. The number of sulfonamides is 1. The number of ether oxygens (including phenoxy) is 1. The van der Waals surface area contributed by atoms with Crippen molar-refractivity contribution in [2.75, 3.05) is 26.3 Å². The Morgan fingerprint density at radius 3 is 2.58 bits per heavy atom. The van der Waals surface area contributed by atoms with Crippen molar-refractivity contribution in [1.82, 2.24) is 9.62 Å². The zero-order valence-corrected chi connectivity index (χ0v) is 15.1. The summed E-state index contributed by atoms with van der Waals surface area (Å²) in [5.41, 5.74) is -0.0798. The molecule has 1 aromatic rings. The monoisotopic (exact) mass is 382 g/mol. The molecule has 142 valence electrons. The van der Waals surface area contributed by atoms with Crippen molar-refractivity contribution >= 4 is 21.9 Å². The highest BCUT2D eigenvalue weighted by atomic mass is 32.2. The minimum atomic E-state index is -3.88. The summed E-state index contributed by atoms with van der Waals surface area (Å²) in [6.07, 6.45) is 2.13. The molecule has 1 atom stereocenters. The topological polar surface area (TPSA) is 113 Å². The van der Waals surface area contributed by atoms with Gasteiger partial charge in [-0.25, -0.2) is 13.2 Å². The maximum Gasteiger partial charge on any atom is 0.326 e. The Labute approximate surface area is 152 Å². The van der Waals surface area contributed by atoms with E-state index in [1.54, 1.807) is 6.08 Å². The van der Waals surface area contributed by atoms with E-state index < -0.39 is 27.9 Å². The second kappa shape index (κ2) is 8.93. The number of carboxylic acid groups (broad SMARTS) is 1. The molecule has 1 aliphatic heterocycles. The van der Waals surface area contributed by atoms with Crippen LogP contribution in [0.4, 0.5) is 0 Å². The predicted molar refractivity (Wildman–Crippen MR) is 94.3 cm³/mol. The maximum atomic E-state index is 12.9. The van der Waals surface area contributed by atoms with E-state index >= 15 is 0 Å². The number of carboxylic acids is 1. The first-order valence-corrected chi connectivity index (χ1v) is 9.63. The van der Waals surface area contributed by atoms with E-state index in [4.69, 9.17) is 4.74 Å². The molecule has 0 aliphatic carbocycles. The fraction of sp³-hybridized carbons (Fsp3) is 0.412. The Bertz CT molecular complexity index is 771. The molecule has 1 aliphatic rings. The van der Waals surface area contributed by atoms with Gasteiger partial charge in [0.2, 0.25) is 10.0 Å². The fourth-order valence-electron chi connectivity index (χ4n) is 2.58. The Morgan fingerprint density at radius 1 is 1.31 bits per heavy atom. The number of allylic oxidation sites excluding steroid dienone is 1. The van der Waals surface area contributed by atoms with E-state index in [2.05, 4.69) is 11.9 Å². The third-order valence-corrected chi connectivity index (χ3v) is 5.94. The van der Waals surface area contributed by atoms with Gasteiger partial charge in [-0.1, -0.05) is 18.2 Å². The SMILES string of the molecule is C=CCCC(NC(=O)c1ccccc1S(=O)(=O)N1CCOCC1)C(=O)O. The molecule has 0 saturated carbocycles. The van der Waals surface area contributed by atoms with E-state index in [-0.39, 0.29) is 43.2 Å². The third-order valence-electron chi connectivity index (χ3n) is 3.98. The number of benzene rings is 1. The second-order valence-electron chi connectivity index (χ2n) is 5.74. The van der Waals surface area contributed by atoms with Gasteiger partial charge in [-0.3, -0.25) is 4.79 Å². The molecule has 0 spiro atoms. The number of amides is 1. The lowest BCUT2D eigenvalue weighted by molar-refractivity contribution is -0.139. The van der Waals surface area contributed by atoms with Crippen LogP contribution in [0.5, 0.6) is 0 Å². The number of carbonyl (C=O) groups is 2. The fourth-order valence-corrected chi connectivity index (χ4v) is 4.18. The molecule has 0 radical (unpaired) electrons. The van der Waals surface area contributed by atoms with Gasteiger partial charge in [0.1, 0.15) is 6.04 Å². The quantitative estimate of drug-likeness (QED) is 0.645. The highest BCUT2D eigenvalue weighted by molar-refractivity contribution is 7.89. The van der Waals surface area contributed by atoms with Crippen LogP contribution in [0.25, 0.3) is 0 Å². The van der Waals surface area contributed by atoms with Crippen LogP contribution in [0.2, 0.25) is 0 Å². The van der Waals surface area contributed by atoms with Gasteiger partial charge in [0.15, 0.2) is 0 Å². The average Bonchev–Trinajstić information content (AvgIpc) is 2.65. The first-order valence-electron chi connectivity index (χ1n) is 8.19. The van der Waals surface area contributed by atoms with E-state index in [9.17, 15) is 23.1 Å². The first-order chi connectivity index (χ1) is 12.4. The molecular formula is C17H22N2O6S. The van der Waals surface area contributed by atoms with Gasteiger partial charge in [-0.05, 0) is 25.0 Å². The smallest absolute Gasteiger partial charge is 0.326 e. The Hall–Kier alpha value is -2.23. The van der Waals surface area contributed by atoms with Crippen molar-refractivity contribution in [3.8, 4) is 0 Å². The zero-order chi connectivity index (χ0) is 19.2. The Kier molecular flexibility index (Phi) is 6.90. The zero-order valence-electron chi connectivity index (χ0n) is 14.3. The van der Waals surface area contributed by atoms with Crippen LogP contribution in [-0.2, 0) is 19.6 Å². The summed E-state index contributed by atoms with van der Waals surface area (Å²) >= 11 is 0. The molecule has 1 fully saturated rings. The number of hydrogen-bond donors (Lipinski definition) is 2. The maximum absolute atomic E-state index is 12.9. The molecule has 0 bridgehead atoms. The molecule has 1 amide bonds. The summed E-state index contributed by atoms with van der Waals surface area (Å²) in [6, 6.07) is 4.65. The lowest BCUT2D eigenvalue weighted by Crippen LogP contribution is -2.43. The minimum absolute atomic E-state index is 0.0798.